The van der Waals surface area contributed by atoms with Gasteiger partial charge >= 0.3 is 0 Å². The van der Waals surface area contributed by atoms with E-state index in [1.165, 1.54) is 10.1 Å². The first-order chi connectivity index (χ1) is 8.24. The Morgan fingerprint density at radius 3 is 2.88 bits per heavy atom. The van der Waals surface area contributed by atoms with Crippen molar-refractivity contribution in [2.24, 2.45) is 0 Å². The molecule has 3 rings (SSSR count). The zero-order valence-corrected chi connectivity index (χ0v) is 11.0. The molecule has 1 saturated heterocycles. The van der Waals surface area contributed by atoms with Gasteiger partial charge in [-0.05, 0) is 40.2 Å². The van der Waals surface area contributed by atoms with E-state index in [1.807, 2.05) is 18.2 Å². The molecule has 2 aromatic rings. The van der Waals surface area contributed by atoms with Crippen LogP contribution >= 0.6 is 35.3 Å². The van der Waals surface area contributed by atoms with Gasteiger partial charge in [0.15, 0.2) is 0 Å². The molecule has 1 N–H and O–H groups in total. The molecule has 2 heterocycles. The van der Waals surface area contributed by atoms with Crippen LogP contribution in [0.1, 0.15) is 5.56 Å². The second-order valence-electron chi connectivity index (χ2n) is 3.54. The summed E-state index contributed by atoms with van der Waals surface area (Å²) in [6, 6.07) is 8.21. The summed E-state index contributed by atoms with van der Waals surface area (Å²) in [6.07, 6.45) is 1.98. The highest BCUT2D eigenvalue weighted by molar-refractivity contribution is 8.19. The minimum Gasteiger partial charge on any atom is -0.307 e. The van der Waals surface area contributed by atoms with E-state index in [-0.39, 0.29) is 5.24 Å². The molecular weight excluding hydrogens is 270 g/mol. The predicted molar refractivity (Wildman–Crippen MR) is 78.5 cm³/mol. The molecule has 0 spiro atoms. The van der Waals surface area contributed by atoms with E-state index in [4.69, 9.17) is 12.2 Å². The topological polar surface area (TPSA) is 29.1 Å². The number of hydrogen-bond acceptors (Lipinski definition) is 4. The van der Waals surface area contributed by atoms with Gasteiger partial charge in [-0.25, -0.2) is 0 Å². The standard InChI is InChI=1S/C12H7NOS3/c14-12-13-11(15)10(17-12)5-7-6-16-9-4-2-1-3-8(7)9/h1-6H,(H,13,14,15)/b10-5+. The Morgan fingerprint density at radius 1 is 1.29 bits per heavy atom. The Balaban J connectivity index is 2.08. The second-order valence-corrected chi connectivity index (χ2v) is 5.87. The zero-order chi connectivity index (χ0) is 11.8. The molecule has 1 aliphatic heterocycles. The number of carbonyl (C=O) groups is 1. The first-order valence-corrected chi connectivity index (χ1v) is 7.05. The highest BCUT2D eigenvalue weighted by Gasteiger charge is 2.21. The minimum atomic E-state index is -0.0965. The first kappa shape index (κ1) is 11.0. The first-order valence-electron chi connectivity index (χ1n) is 4.95. The van der Waals surface area contributed by atoms with Crippen LogP contribution in [0.25, 0.3) is 16.2 Å². The number of benzene rings is 1. The Morgan fingerprint density at radius 2 is 2.12 bits per heavy atom. The largest absolute Gasteiger partial charge is 0.307 e. The molecule has 0 unspecified atom stereocenters. The molecule has 1 amide bonds. The van der Waals surface area contributed by atoms with Crippen molar-refractivity contribution in [3.8, 4) is 0 Å². The maximum absolute atomic E-state index is 11.2. The van der Waals surface area contributed by atoms with Gasteiger partial charge in [-0.2, -0.15) is 0 Å². The number of amides is 1. The molecule has 0 bridgehead atoms. The lowest BCUT2D eigenvalue weighted by Crippen LogP contribution is -2.15. The molecule has 0 aliphatic carbocycles. The molecule has 84 valence electrons. The fourth-order valence-electron chi connectivity index (χ4n) is 1.67. The van der Waals surface area contributed by atoms with E-state index in [0.29, 0.717) is 4.99 Å². The molecule has 2 nitrogen and oxygen atoms in total. The second kappa shape index (κ2) is 4.25. The highest BCUT2D eigenvalue weighted by atomic mass is 32.2. The van der Waals surface area contributed by atoms with Gasteiger partial charge in [0.05, 0.1) is 4.91 Å². The fourth-order valence-corrected chi connectivity index (χ4v) is 3.62. The van der Waals surface area contributed by atoms with Gasteiger partial charge in [0.25, 0.3) is 5.24 Å². The van der Waals surface area contributed by atoms with Crippen LogP contribution in [0.4, 0.5) is 4.79 Å². The van der Waals surface area contributed by atoms with Crippen LogP contribution in [0.3, 0.4) is 0 Å². The number of fused-ring (bicyclic) bond motifs is 1. The Kier molecular flexibility index (Phi) is 2.74. The van der Waals surface area contributed by atoms with Crippen LogP contribution < -0.4 is 5.32 Å². The van der Waals surface area contributed by atoms with Crippen LogP contribution in [-0.2, 0) is 0 Å². The van der Waals surface area contributed by atoms with Gasteiger partial charge in [0.2, 0.25) is 0 Å². The van der Waals surface area contributed by atoms with Crippen LogP contribution in [-0.4, -0.2) is 10.2 Å². The molecule has 1 aromatic heterocycles. The summed E-state index contributed by atoms with van der Waals surface area (Å²) in [6.45, 7) is 0. The van der Waals surface area contributed by atoms with Gasteiger partial charge in [-0.1, -0.05) is 30.4 Å². The molecular formula is C12H7NOS3. The van der Waals surface area contributed by atoms with Crippen molar-refractivity contribution in [2.75, 3.05) is 0 Å². The van der Waals surface area contributed by atoms with E-state index < -0.39 is 0 Å². The van der Waals surface area contributed by atoms with Crippen molar-refractivity contribution in [3.05, 3.63) is 40.1 Å². The number of rotatable bonds is 1. The maximum atomic E-state index is 11.2. The average Bonchev–Trinajstić information content (AvgIpc) is 2.85. The average molecular weight is 277 g/mol. The maximum Gasteiger partial charge on any atom is 0.289 e. The van der Waals surface area contributed by atoms with Crippen molar-refractivity contribution in [1.29, 1.82) is 0 Å². The van der Waals surface area contributed by atoms with E-state index in [9.17, 15) is 4.79 Å². The molecule has 1 fully saturated rings. The summed E-state index contributed by atoms with van der Waals surface area (Å²) in [7, 11) is 0. The lowest BCUT2D eigenvalue weighted by atomic mass is 10.1. The summed E-state index contributed by atoms with van der Waals surface area (Å²) in [5.74, 6) is 0. The molecule has 1 aliphatic rings. The summed E-state index contributed by atoms with van der Waals surface area (Å²) >= 11 is 7.95. The summed E-state index contributed by atoms with van der Waals surface area (Å²) in [5, 5.41) is 5.81. The van der Waals surface area contributed by atoms with E-state index >= 15 is 0 Å². The van der Waals surface area contributed by atoms with Gasteiger partial charge in [0, 0.05) is 4.70 Å². The Hall–Kier alpha value is -1.17. The van der Waals surface area contributed by atoms with Gasteiger partial charge in [-0.15, -0.1) is 11.3 Å². The number of hydrogen-bond donors (Lipinski definition) is 1. The molecule has 5 heteroatoms. The lowest BCUT2D eigenvalue weighted by Gasteiger charge is -1.94. The summed E-state index contributed by atoms with van der Waals surface area (Å²) in [5.41, 5.74) is 1.12. The number of thioether (sulfide) groups is 1. The molecule has 0 saturated carbocycles. The van der Waals surface area contributed by atoms with Crippen LogP contribution in [0.2, 0.25) is 0 Å². The number of thiocarbonyl (C=S) groups is 1. The highest BCUT2D eigenvalue weighted by Crippen LogP contribution is 2.31. The number of nitrogens with one attached hydrogen (secondary N) is 1. The van der Waals surface area contributed by atoms with Gasteiger partial charge in [-0.3, -0.25) is 4.79 Å². The normalized spacial score (nSPS) is 18.0. The molecule has 17 heavy (non-hydrogen) atoms. The molecule has 1 aromatic carbocycles. The third kappa shape index (κ3) is 2.01. The quantitative estimate of drug-likeness (QED) is 0.630. The third-order valence-electron chi connectivity index (χ3n) is 2.44. The molecule has 0 radical (unpaired) electrons. The third-order valence-corrected chi connectivity index (χ3v) is 4.70. The van der Waals surface area contributed by atoms with Gasteiger partial charge < -0.3 is 5.32 Å². The van der Waals surface area contributed by atoms with Crippen LogP contribution in [0.5, 0.6) is 0 Å². The summed E-state index contributed by atoms with van der Waals surface area (Å²) in [4.78, 5) is 12.5. The predicted octanol–water partition coefficient (Wildman–Crippen LogP) is 4.03. The van der Waals surface area contributed by atoms with Crippen molar-refractivity contribution < 1.29 is 4.79 Å². The van der Waals surface area contributed by atoms with E-state index in [2.05, 4.69) is 22.8 Å². The fraction of sp³-hybridized carbons (Fsp3) is 0. The SMILES string of the molecule is O=C1NC(=S)/C(=C\c2csc3ccccc23)S1. The minimum absolute atomic E-state index is 0.0965. The molecule has 0 atom stereocenters. The smallest absolute Gasteiger partial charge is 0.289 e. The zero-order valence-electron chi connectivity index (χ0n) is 8.60. The number of carbonyl (C=O) groups excluding carboxylic acids is 1. The number of thiophene rings is 1. The Bertz CT molecular complexity index is 657. The summed E-state index contributed by atoms with van der Waals surface area (Å²) < 4.78 is 1.24. The van der Waals surface area contributed by atoms with Gasteiger partial charge in [0.1, 0.15) is 4.99 Å². The van der Waals surface area contributed by atoms with Crippen molar-refractivity contribution in [2.45, 2.75) is 0 Å². The van der Waals surface area contributed by atoms with Crippen LogP contribution in [0.15, 0.2) is 34.6 Å². The van der Waals surface area contributed by atoms with Crippen molar-refractivity contribution >= 4 is 61.7 Å². The van der Waals surface area contributed by atoms with E-state index in [0.717, 1.165) is 22.2 Å². The van der Waals surface area contributed by atoms with E-state index in [1.54, 1.807) is 11.3 Å². The van der Waals surface area contributed by atoms with Crippen molar-refractivity contribution in [3.63, 3.8) is 0 Å². The van der Waals surface area contributed by atoms with Crippen LogP contribution in [0, 0.1) is 0 Å². The lowest BCUT2D eigenvalue weighted by molar-refractivity contribution is 0.265. The Labute approximate surface area is 112 Å². The monoisotopic (exact) mass is 277 g/mol. The van der Waals surface area contributed by atoms with Crippen molar-refractivity contribution in [1.82, 2.24) is 5.32 Å².